The van der Waals surface area contributed by atoms with Gasteiger partial charge in [0, 0.05) is 29.9 Å². The van der Waals surface area contributed by atoms with Crippen LogP contribution in [-0.4, -0.2) is 19.2 Å². The summed E-state index contributed by atoms with van der Waals surface area (Å²) < 4.78 is 37.9. The van der Waals surface area contributed by atoms with E-state index in [9.17, 15) is 13.0 Å². The second-order valence-corrected chi connectivity index (χ2v) is 5.93. The van der Waals surface area contributed by atoms with Crippen molar-refractivity contribution in [2.75, 3.05) is 6.26 Å². The zero-order valence-corrected chi connectivity index (χ0v) is 12.2. The second-order valence-electron chi connectivity index (χ2n) is 4.08. The Bertz CT molecular complexity index is 522. The van der Waals surface area contributed by atoms with Crippen molar-refractivity contribution in [1.29, 1.82) is 0 Å². The molecule has 1 aromatic carbocycles. The van der Waals surface area contributed by atoms with Gasteiger partial charge in [-0.15, -0.1) is 4.33 Å². The Kier molecular flexibility index (Phi) is 5.03. The van der Waals surface area contributed by atoms with Crippen molar-refractivity contribution in [2.45, 2.75) is 31.6 Å². The molecule has 0 aromatic heterocycles. The van der Waals surface area contributed by atoms with E-state index in [0.717, 1.165) is 17.6 Å². The van der Waals surface area contributed by atoms with Crippen LogP contribution in [0.1, 0.15) is 30.9 Å². The maximum Gasteiger partial charge on any atom is 0.171 e. The van der Waals surface area contributed by atoms with Gasteiger partial charge in [-0.3, -0.25) is 0 Å². The Balaban J connectivity index is 3.37. The van der Waals surface area contributed by atoms with E-state index >= 15 is 0 Å². The average molecular weight is 291 g/mol. The molecule has 0 heterocycles. The summed E-state index contributed by atoms with van der Waals surface area (Å²) in [4.78, 5) is 4.71. The van der Waals surface area contributed by atoms with Crippen LogP contribution >= 0.6 is 12.0 Å². The lowest BCUT2D eigenvalue weighted by Gasteiger charge is -2.17. The minimum Gasteiger partial charge on any atom is -0.744 e. The number of hydrogen-bond donors (Lipinski definition) is 0. The lowest BCUT2D eigenvalue weighted by molar-refractivity contribution is -0.0784. The molecule has 0 amide bonds. The molecule has 0 aliphatic rings. The first kappa shape index (κ1) is 15.3. The highest BCUT2D eigenvalue weighted by molar-refractivity contribution is 7.93. The fourth-order valence-corrected chi connectivity index (χ4v) is 2.47. The number of aryl methyl sites for hydroxylation is 1. The van der Waals surface area contributed by atoms with E-state index in [1.165, 1.54) is 12.1 Å². The lowest BCUT2D eigenvalue weighted by Crippen LogP contribution is -2.05. The van der Waals surface area contributed by atoms with Crippen LogP contribution < -0.4 is 4.89 Å². The Morgan fingerprint density at radius 2 is 1.94 bits per heavy atom. The van der Waals surface area contributed by atoms with Crippen molar-refractivity contribution < 1.29 is 22.2 Å². The van der Waals surface area contributed by atoms with Gasteiger partial charge in [-0.2, -0.15) is 0 Å². The largest absolute Gasteiger partial charge is 0.744 e. The molecule has 1 rings (SSSR count). The first-order valence-corrected chi connectivity index (χ1v) is 7.81. The van der Waals surface area contributed by atoms with Crippen LogP contribution in [0.5, 0.6) is 5.75 Å². The molecule has 0 fully saturated rings. The normalized spacial score (nSPS) is 11.9. The quantitative estimate of drug-likeness (QED) is 0.359. The third-order valence-electron chi connectivity index (χ3n) is 2.38. The van der Waals surface area contributed by atoms with Gasteiger partial charge in [0.2, 0.25) is 0 Å². The molecule has 0 aliphatic heterocycles. The Morgan fingerprint density at radius 3 is 2.39 bits per heavy atom. The van der Waals surface area contributed by atoms with E-state index < -0.39 is 10.1 Å². The van der Waals surface area contributed by atoms with Gasteiger partial charge in [-0.25, -0.2) is 8.42 Å². The molecule has 0 N–H and O–H groups in total. The Morgan fingerprint density at radius 1 is 1.33 bits per heavy atom. The molecule has 0 saturated carbocycles. The number of rotatable bonds is 5. The summed E-state index contributed by atoms with van der Waals surface area (Å²) in [5, 5.41) is 0. The predicted molar refractivity (Wildman–Crippen MR) is 68.5 cm³/mol. The van der Waals surface area contributed by atoms with Crippen LogP contribution in [0.3, 0.4) is 0 Å². The molecular formula is C11H15O5S2-. The zero-order chi connectivity index (χ0) is 13.9. The van der Waals surface area contributed by atoms with Gasteiger partial charge in [0.1, 0.15) is 10.1 Å². The van der Waals surface area contributed by atoms with E-state index in [1.807, 2.05) is 13.8 Å². The lowest BCUT2D eigenvalue weighted by atomic mass is 9.97. The summed E-state index contributed by atoms with van der Waals surface area (Å²) in [6.07, 6.45) is 1.66. The summed E-state index contributed by atoms with van der Waals surface area (Å²) in [5.74, 6) is 0.377. The van der Waals surface area contributed by atoms with Crippen molar-refractivity contribution >= 4 is 22.2 Å². The average Bonchev–Trinajstić information content (AvgIpc) is 2.23. The van der Waals surface area contributed by atoms with Crippen molar-refractivity contribution in [3.8, 4) is 5.75 Å². The van der Waals surface area contributed by atoms with Gasteiger partial charge < -0.3 is 9.44 Å². The van der Waals surface area contributed by atoms with Crippen LogP contribution in [0, 0.1) is 6.92 Å². The van der Waals surface area contributed by atoms with E-state index in [1.54, 1.807) is 13.2 Å². The van der Waals surface area contributed by atoms with Crippen molar-refractivity contribution in [1.82, 2.24) is 0 Å². The van der Waals surface area contributed by atoms with Gasteiger partial charge in [0.05, 0.1) is 4.90 Å². The predicted octanol–water partition coefficient (Wildman–Crippen LogP) is 2.61. The van der Waals surface area contributed by atoms with Gasteiger partial charge in [0.25, 0.3) is 0 Å². The summed E-state index contributed by atoms with van der Waals surface area (Å²) in [6.45, 7) is 5.62. The van der Waals surface area contributed by atoms with Crippen LogP contribution in [-0.2, 0) is 14.5 Å². The summed E-state index contributed by atoms with van der Waals surface area (Å²) in [6, 6.07) is 2.55. The van der Waals surface area contributed by atoms with E-state index in [4.69, 9.17) is 9.22 Å². The summed E-state index contributed by atoms with van der Waals surface area (Å²) in [7, 11) is -4.51. The highest BCUT2D eigenvalue weighted by Gasteiger charge is 2.16. The molecule has 102 valence electrons. The van der Waals surface area contributed by atoms with Crippen LogP contribution in [0.4, 0.5) is 0 Å². The molecule has 5 nitrogen and oxygen atoms in total. The summed E-state index contributed by atoms with van der Waals surface area (Å²) in [5.41, 5.74) is 1.50. The highest BCUT2D eigenvalue weighted by Crippen LogP contribution is 2.33. The molecule has 0 atom stereocenters. The van der Waals surface area contributed by atoms with Crippen LogP contribution in [0.25, 0.3) is 0 Å². The molecule has 0 unspecified atom stereocenters. The molecule has 0 aliphatic carbocycles. The molecule has 18 heavy (non-hydrogen) atoms. The molecule has 0 spiro atoms. The van der Waals surface area contributed by atoms with Crippen molar-refractivity contribution in [3.05, 3.63) is 23.3 Å². The first-order valence-electron chi connectivity index (χ1n) is 5.25. The van der Waals surface area contributed by atoms with Gasteiger partial charge >= 0.3 is 0 Å². The topological polar surface area (TPSA) is 75.7 Å². The monoisotopic (exact) mass is 291 g/mol. The standard InChI is InChI=1S/C11H16O5S2/c1-7(2)11-8(3)5-9(18(12,13)14)6-10(11)15-16-17-4/h5-7H,1-4H3,(H,12,13,14)/p-1. The third kappa shape index (κ3) is 3.61. The van der Waals surface area contributed by atoms with E-state index in [0.29, 0.717) is 5.56 Å². The van der Waals surface area contributed by atoms with Crippen LogP contribution in [0.15, 0.2) is 17.0 Å². The Labute approximate surface area is 111 Å². The molecule has 0 saturated heterocycles. The molecule has 1 aromatic rings. The Hall–Kier alpha value is -0.760. The minimum absolute atomic E-state index is 0.119. The number of benzene rings is 1. The molecule has 0 bridgehead atoms. The zero-order valence-electron chi connectivity index (χ0n) is 10.6. The molecule has 7 heteroatoms. The summed E-state index contributed by atoms with van der Waals surface area (Å²) >= 11 is 0.986. The first-order chi connectivity index (χ1) is 8.27. The maximum atomic E-state index is 11.0. The third-order valence-corrected chi connectivity index (χ3v) is 3.40. The number of hydrogen-bond acceptors (Lipinski definition) is 6. The fraction of sp³-hybridized carbons (Fsp3) is 0.455. The van der Waals surface area contributed by atoms with Gasteiger partial charge in [0.15, 0.2) is 5.75 Å². The SMILES string of the molecule is CSOOc1cc(S(=O)(=O)[O-])cc(C)c1C(C)C. The van der Waals surface area contributed by atoms with Gasteiger partial charge in [-0.05, 0) is 24.5 Å². The molecule has 0 radical (unpaired) electrons. The van der Waals surface area contributed by atoms with Crippen LogP contribution in [0.2, 0.25) is 0 Å². The van der Waals surface area contributed by atoms with E-state index in [-0.39, 0.29) is 16.6 Å². The maximum absolute atomic E-state index is 11.0. The van der Waals surface area contributed by atoms with Crippen molar-refractivity contribution in [3.63, 3.8) is 0 Å². The molecular weight excluding hydrogens is 276 g/mol. The fourth-order valence-electron chi connectivity index (χ4n) is 1.76. The van der Waals surface area contributed by atoms with E-state index in [2.05, 4.69) is 0 Å². The van der Waals surface area contributed by atoms with Gasteiger partial charge in [-0.1, -0.05) is 13.8 Å². The van der Waals surface area contributed by atoms with Crippen molar-refractivity contribution in [2.24, 2.45) is 0 Å². The highest BCUT2D eigenvalue weighted by atomic mass is 32.2. The minimum atomic E-state index is -4.51. The second kappa shape index (κ2) is 5.92. The smallest absolute Gasteiger partial charge is 0.171 e.